The largest absolute Gasteiger partial charge is 0.469 e. The molecule has 2 aliphatic heterocycles. The lowest BCUT2D eigenvalue weighted by Crippen LogP contribution is -2.43. The molecule has 3 heterocycles. The predicted molar refractivity (Wildman–Crippen MR) is 157 cm³/mol. The second kappa shape index (κ2) is 12.5. The van der Waals surface area contributed by atoms with E-state index in [4.69, 9.17) is 21.3 Å². The van der Waals surface area contributed by atoms with Crippen molar-refractivity contribution in [1.82, 2.24) is 14.9 Å². The van der Waals surface area contributed by atoms with Gasteiger partial charge >= 0.3 is 11.5 Å². The summed E-state index contributed by atoms with van der Waals surface area (Å²) in [6.45, 7) is 9.09. The molecule has 1 fully saturated rings. The van der Waals surface area contributed by atoms with E-state index in [0.717, 1.165) is 10.6 Å². The molecule has 13 heteroatoms. The van der Waals surface area contributed by atoms with E-state index in [1.54, 1.807) is 11.1 Å². The maximum atomic E-state index is 13.2. The molecule has 41 heavy (non-hydrogen) atoms. The Hall–Kier alpha value is -2.31. The van der Waals surface area contributed by atoms with Crippen molar-refractivity contribution in [3.63, 3.8) is 0 Å². The minimum absolute atomic E-state index is 0.0232. The molecule has 1 unspecified atom stereocenters. The normalized spacial score (nSPS) is 18.6. The fourth-order valence-electron chi connectivity index (χ4n) is 4.95. The minimum Gasteiger partial charge on any atom is -0.469 e. The molecule has 1 aromatic heterocycles. The monoisotopic (exact) mass is 630 g/mol. The summed E-state index contributed by atoms with van der Waals surface area (Å²) in [4.78, 5) is 31.3. The topological polar surface area (TPSA) is 75.1 Å². The first-order chi connectivity index (χ1) is 19.1. The van der Waals surface area contributed by atoms with Crippen LogP contribution < -0.4 is 0 Å². The average Bonchev–Trinajstić information content (AvgIpc) is 3.43. The molecule has 1 aromatic carbocycles. The lowest BCUT2D eigenvalue weighted by atomic mass is 9.86. The number of piperidine rings is 1. The first-order valence-electron chi connectivity index (χ1n) is 13.4. The zero-order valence-corrected chi connectivity index (χ0v) is 26.1. The molecule has 2 aromatic rings. The molecule has 0 bridgehead atoms. The first-order valence-corrected chi connectivity index (χ1v) is 15.4. The SMILES string of the molecule is COC(=O)CC1=NN(CC(=O)N2CCC(c3nc(-c4cc(SC(F)(F)F)cc(C(C)(C)C)c4)c(Cl)s3)CC2)C(C)C1. The Labute approximate surface area is 251 Å². The molecular formula is C28H34ClF3N4O3S2. The molecule has 1 amide bonds. The fraction of sp³-hybridized carbons (Fsp3) is 0.571. The van der Waals surface area contributed by atoms with E-state index in [1.807, 2.05) is 38.7 Å². The number of carbonyl (C=O) groups is 2. The van der Waals surface area contributed by atoms with Gasteiger partial charge in [0.1, 0.15) is 16.6 Å². The van der Waals surface area contributed by atoms with Gasteiger partial charge in [0.2, 0.25) is 5.91 Å². The van der Waals surface area contributed by atoms with Crippen LogP contribution in [0.25, 0.3) is 11.3 Å². The number of halogens is 4. The number of amides is 1. The standard InChI is InChI=1S/C28H34ClF3N4O3S2/c1-16-10-20(14-23(38)39-5)34-36(16)15-22(37)35-8-6-17(7-9-35)26-33-24(25(29)40-26)18-11-19(27(2,3)4)13-21(12-18)41-28(30,31)32/h11-13,16-17H,6-10,14-15H2,1-5H3. The van der Waals surface area contributed by atoms with Crippen LogP contribution in [-0.2, 0) is 19.7 Å². The number of rotatable bonds is 7. The smallest absolute Gasteiger partial charge is 0.446 e. The second-order valence-corrected chi connectivity index (χ2v) is 14.2. The first kappa shape index (κ1) is 31.6. The quantitative estimate of drug-likeness (QED) is 0.240. The van der Waals surface area contributed by atoms with Crippen LogP contribution in [0.1, 0.15) is 69.9 Å². The molecule has 0 saturated carbocycles. The molecule has 4 rings (SSSR count). The van der Waals surface area contributed by atoms with E-state index < -0.39 is 5.51 Å². The van der Waals surface area contributed by atoms with Gasteiger partial charge in [-0.25, -0.2) is 4.98 Å². The third kappa shape index (κ3) is 8.16. The van der Waals surface area contributed by atoms with Crippen LogP contribution >= 0.6 is 34.7 Å². The van der Waals surface area contributed by atoms with Crippen LogP contribution in [0.2, 0.25) is 4.34 Å². The number of likely N-dealkylation sites (tertiary alicyclic amines) is 1. The molecule has 0 aliphatic carbocycles. The number of hydrazone groups is 1. The van der Waals surface area contributed by atoms with Crippen LogP contribution in [0.3, 0.4) is 0 Å². The van der Waals surface area contributed by atoms with Gasteiger partial charge in [0, 0.05) is 35.9 Å². The number of thioether (sulfide) groups is 1. The molecule has 224 valence electrons. The van der Waals surface area contributed by atoms with Crippen LogP contribution in [0, 0.1) is 0 Å². The second-order valence-electron chi connectivity index (χ2n) is 11.4. The maximum absolute atomic E-state index is 13.2. The van der Waals surface area contributed by atoms with E-state index in [0.29, 0.717) is 53.7 Å². The Kier molecular flexibility index (Phi) is 9.65. The Morgan fingerprint density at radius 1 is 1.17 bits per heavy atom. The predicted octanol–water partition coefficient (Wildman–Crippen LogP) is 7.09. The van der Waals surface area contributed by atoms with E-state index in [2.05, 4.69) is 5.10 Å². The average molecular weight is 631 g/mol. The molecule has 1 atom stereocenters. The molecule has 0 N–H and O–H groups in total. The van der Waals surface area contributed by atoms with Crippen molar-refractivity contribution in [3.8, 4) is 11.3 Å². The Morgan fingerprint density at radius 3 is 2.46 bits per heavy atom. The summed E-state index contributed by atoms with van der Waals surface area (Å²) in [5, 5.41) is 7.02. The van der Waals surface area contributed by atoms with Gasteiger partial charge in [0.25, 0.3) is 0 Å². The van der Waals surface area contributed by atoms with E-state index in [-0.39, 0.29) is 58.9 Å². The summed E-state index contributed by atoms with van der Waals surface area (Å²) in [6.07, 6.45) is 2.15. The van der Waals surface area contributed by atoms with Gasteiger partial charge in [-0.05, 0) is 60.7 Å². The number of carbonyl (C=O) groups excluding carboxylic acids is 2. The number of aromatic nitrogens is 1. The Morgan fingerprint density at radius 2 is 1.85 bits per heavy atom. The third-order valence-corrected chi connectivity index (χ3v) is 9.38. The maximum Gasteiger partial charge on any atom is 0.446 e. The molecule has 2 aliphatic rings. The number of hydrogen-bond donors (Lipinski definition) is 0. The van der Waals surface area contributed by atoms with E-state index >= 15 is 0 Å². The number of alkyl halides is 3. The highest BCUT2D eigenvalue weighted by atomic mass is 35.5. The van der Waals surface area contributed by atoms with Crippen LogP contribution in [0.5, 0.6) is 0 Å². The number of hydrogen-bond acceptors (Lipinski definition) is 8. The van der Waals surface area contributed by atoms with Crippen molar-refractivity contribution >= 4 is 52.3 Å². The zero-order valence-electron chi connectivity index (χ0n) is 23.7. The molecule has 7 nitrogen and oxygen atoms in total. The van der Waals surface area contributed by atoms with Gasteiger partial charge in [-0.2, -0.15) is 18.3 Å². The number of ether oxygens (including phenoxy) is 1. The molecule has 0 radical (unpaired) electrons. The summed E-state index contributed by atoms with van der Waals surface area (Å²) in [6, 6.07) is 4.96. The lowest BCUT2D eigenvalue weighted by Gasteiger charge is -2.32. The van der Waals surface area contributed by atoms with Gasteiger partial charge in [0.15, 0.2) is 0 Å². The van der Waals surface area contributed by atoms with Gasteiger partial charge in [-0.3, -0.25) is 14.6 Å². The summed E-state index contributed by atoms with van der Waals surface area (Å²) < 4.78 is 44.7. The highest BCUT2D eigenvalue weighted by Crippen LogP contribution is 2.43. The van der Waals surface area contributed by atoms with Gasteiger partial charge in [0.05, 0.1) is 30.3 Å². The van der Waals surface area contributed by atoms with Crippen LogP contribution in [-0.4, -0.2) is 70.8 Å². The Bertz CT molecular complexity index is 1320. The van der Waals surface area contributed by atoms with Gasteiger partial charge < -0.3 is 9.64 Å². The number of methoxy groups -OCH3 is 1. The fourth-order valence-corrected chi connectivity index (χ4v) is 6.96. The van der Waals surface area contributed by atoms with Gasteiger partial charge in [-0.1, -0.05) is 32.4 Å². The summed E-state index contributed by atoms with van der Waals surface area (Å²) >= 11 is 7.82. The van der Waals surface area contributed by atoms with Crippen molar-refractivity contribution in [2.24, 2.45) is 5.10 Å². The van der Waals surface area contributed by atoms with E-state index in [9.17, 15) is 22.8 Å². The van der Waals surface area contributed by atoms with Crippen LogP contribution in [0.4, 0.5) is 13.2 Å². The Balaban J connectivity index is 1.43. The zero-order chi connectivity index (χ0) is 30.1. The van der Waals surface area contributed by atoms with Crippen molar-refractivity contribution in [2.75, 3.05) is 26.7 Å². The third-order valence-electron chi connectivity index (χ3n) is 7.26. The summed E-state index contributed by atoms with van der Waals surface area (Å²) in [7, 11) is 1.34. The van der Waals surface area contributed by atoms with Crippen molar-refractivity contribution in [1.29, 1.82) is 0 Å². The number of benzene rings is 1. The van der Waals surface area contributed by atoms with Gasteiger partial charge in [-0.15, -0.1) is 11.3 Å². The van der Waals surface area contributed by atoms with Crippen molar-refractivity contribution < 1.29 is 27.5 Å². The molecule has 1 saturated heterocycles. The number of thiazole rings is 1. The van der Waals surface area contributed by atoms with Crippen molar-refractivity contribution in [2.45, 2.75) is 81.2 Å². The van der Waals surface area contributed by atoms with E-state index in [1.165, 1.54) is 24.5 Å². The molecule has 0 spiro atoms. The molecular weight excluding hydrogens is 597 g/mol. The number of nitrogens with zero attached hydrogens (tertiary/aromatic N) is 4. The highest BCUT2D eigenvalue weighted by molar-refractivity contribution is 8.00. The highest BCUT2D eigenvalue weighted by Gasteiger charge is 2.32. The lowest BCUT2D eigenvalue weighted by molar-refractivity contribution is -0.139. The number of esters is 1. The van der Waals surface area contributed by atoms with Crippen molar-refractivity contribution in [3.05, 3.63) is 33.1 Å². The minimum atomic E-state index is -4.40. The summed E-state index contributed by atoms with van der Waals surface area (Å²) in [5.74, 6) is -0.274. The van der Waals surface area contributed by atoms with Crippen LogP contribution in [0.15, 0.2) is 28.2 Å². The summed E-state index contributed by atoms with van der Waals surface area (Å²) in [5.41, 5.74) is -2.22.